The number of para-hydroxylation sites is 2. The number of Topliss-reactive ketones (excluding diaryl/α,β-unsaturated/α-hetero) is 1. The standard InChI is InChI=1S/C29H29NO6/c1-18(2)36-21-12-9-11-19(16-21)26-25(27(31)22-13-6-8-15-24(22)35-4)28(32)29(33)30(26)17-20-10-5-7-14-23(20)34-3/h5-16,18,26,31H,17H2,1-4H3/b27-25-. The van der Waals surface area contributed by atoms with Crippen LogP contribution in [0.2, 0.25) is 0 Å². The number of nitrogens with zero attached hydrogens (tertiary/aromatic N) is 1. The molecule has 1 N–H and O–H groups in total. The molecule has 1 aliphatic heterocycles. The predicted molar refractivity (Wildman–Crippen MR) is 136 cm³/mol. The molecule has 1 aliphatic rings. The number of carbonyl (C=O) groups is 2. The van der Waals surface area contributed by atoms with E-state index < -0.39 is 17.7 Å². The van der Waals surface area contributed by atoms with E-state index in [0.29, 0.717) is 28.4 Å². The summed E-state index contributed by atoms with van der Waals surface area (Å²) < 4.78 is 16.7. The van der Waals surface area contributed by atoms with Gasteiger partial charge in [0.15, 0.2) is 0 Å². The molecule has 36 heavy (non-hydrogen) atoms. The van der Waals surface area contributed by atoms with Gasteiger partial charge in [-0.25, -0.2) is 0 Å². The third kappa shape index (κ3) is 4.77. The van der Waals surface area contributed by atoms with Gasteiger partial charge in [0.05, 0.1) is 44.0 Å². The van der Waals surface area contributed by atoms with Crippen molar-refractivity contribution in [1.29, 1.82) is 0 Å². The summed E-state index contributed by atoms with van der Waals surface area (Å²) in [5, 5.41) is 11.4. The largest absolute Gasteiger partial charge is 0.507 e. The van der Waals surface area contributed by atoms with Crippen molar-refractivity contribution in [3.63, 3.8) is 0 Å². The number of hydrogen-bond acceptors (Lipinski definition) is 6. The minimum Gasteiger partial charge on any atom is -0.507 e. The number of hydrogen-bond donors (Lipinski definition) is 1. The molecule has 0 aromatic heterocycles. The summed E-state index contributed by atoms with van der Waals surface area (Å²) in [6.07, 6.45) is -0.0613. The number of amides is 1. The van der Waals surface area contributed by atoms with Gasteiger partial charge in [0.2, 0.25) is 0 Å². The van der Waals surface area contributed by atoms with Crippen LogP contribution in [-0.2, 0) is 16.1 Å². The van der Waals surface area contributed by atoms with Crippen LogP contribution < -0.4 is 14.2 Å². The molecule has 0 spiro atoms. The van der Waals surface area contributed by atoms with Crippen LogP contribution in [0, 0.1) is 0 Å². The van der Waals surface area contributed by atoms with E-state index >= 15 is 0 Å². The van der Waals surface area contributed by atoms with Gasteiger partial charge in [0, 0.05) is 5.56 Å². The lowest BCUT2D eigenvalue weighted by molar-refractivity contribution is -0.140. The quantitative estimate of drug-likeness (QED) is 0.270. The van der Waals surface area contributed by atoms with Crippen LogP contribution in [0.4, 0.5) is 0 Å². The lowest BCUT2D eigenvalue weighted by atomic mass is 9.94. The van der Waals surface area contributed by atoms with Gasteiger partial charge in [0.1, 0.15) is 23.0 Å². The first-order chi connectivity index (χ1) is 17.3. The fourth-order valence-corrected chi connectivity index (χ4v) is 4.42. The highest BCUT2D eigenvalue weighted by atomic mass is 16.5. The summed E-state index contributed by atoms with van der Waals surface area (Å²) in [5.41, 5.74) is 1.69. The Bertz CT molecular complexity index is 1310. The fraction of sp³-hybridized carbons (Fsp3) is 0.241. The van der Waals surface area contributed by atoms with Crippen molar-refractivity contribution in [1.82, 2.24) is 4.90 Å². The van der Waals surface area contributed by atoms with Crippen LogP contribution in [0.15, 0.2) is 78.4 Å². The maximum absolute atomic E-state index is 13.4. The first-order valence-corrected chi connectivity index (χ1v) is 11.7. The number of carbonyl (C=O) groups excluding carboxylic acids is 2. The number of ketones is 1. The molecule has 3 aromatic carbocycles. The van der Waals surface area contributed by atoms with Crippen molar-refractivity contribution >= 4 is 17.4 Å². The van der Waals surface area contributed by atoms with Crippen molar-refractivity contribution in [2.45, 2.75) is 32.5 Å². The molecule has 1 saturated heterocycles. The lowest BCUT2D eigenvalue weighted by Gasteiger charge is -2.26. The second-order valence-corrected chi connectivity index (χ2v) is 8.68. The van der Waals surface area contributed by atoms with Gasteiger partial charge in [0.25, 0.3) is 11.7 Å². The molecule has 1 fully saturated rings. The number of aliphatic hydroxyl groups is 1. The zero-order chi connectivity index (χ0) is 25.8. The van der Waals surface area contributed by atoms with E-state index in [4.69, 9.17) is 14.2 Å². The number of methoxy groups -OCH3 is 2. The Morgan fingerprint density at radius 2 is 1.58 bits per heavy atom. The molecule has 0 aliphatic carbocycles. The van der Waals surface area contributed by atoms with E-state index in [1.54, 1.807) is 49.6 Å². The summed E-state index contributed by atoms with van der Waals surface area (Å²) in [7, 11) is 3.04. The second-order valence-electron chi connectivity index (χ2n) is 8.68. The monoisotopic (exact) mass is 487 g/mol. The minimum atomic E-state index is -0.851. The zero-order valence-corrected chi connectivity index (χ0v) is 20.7. The highest BCUT2D eigenvalue weighted by Gasteiger charge is 2.46. The van der Waals surface area contributed by atoms with Gasteiger partial charge >= 0.3 is 0 Å². The number of ether oxygens (including phenoxy) is 3. The maximum Gasteiger partial charge on any atom is 0.295 e. The Kier molecular flexibility index (Phi) is 7.29. The molecule has 7 nitrogen and oxygen atoms in total. The van der Waals surface area contributed by atoms with E-state index in [2.05, 4.69) is 0 Å². The fourth-order valence-electron chi connectivity index (χ4n) is 4.42. The van der Waals surface area contributed by atoms with Crippen LogP contribution in [0.25, 0.3) is 5.76 Å². The van der Waals surface area contributed by atoms with Crippen molar-refractivity contribution in [3.05, 3.63) is 95.1 Å². The highest BCUT2D eigenvalue weighted by molar-refractivity contribution is 6.46. The van der Waals surface area contributed by atoms with E-state index in [9.17, 15) is 14.7 Å². The molecule has 1 amide bonds. The van der Waals surface area contributed by atoms with Gasteiger partial charge in [-0.2, -0.15) is 0 Å². The Morgan fingerprint density at radius 3 is 2.28 bits per heavy atom. The molecule has 1 heterocycles. The number of likely N-dealkylation sites (tertiary alicyclic amines) is 1. The molecule has 1 atom stereocenters. The van der Waals surface area contributed by atoms with Crippen LogP contribution in [0.3, 0.4) is 0 Å². The van der Waals surface area contributed by atoms with Crippen LogP contribution in [0.5, 0.6) is 17.2 Å². The second kappa shape index (κ2) is 10.6. The summed E-state index contributed by atoms with van der Waals surface area (Å²) in [6, 6.07) is 20.5. The molecular formula is C29H29NO6. The van der Waals surface area contributed by atoms with Crippen molar-refractivity contribution in [2.24, 2.45) is 0 Å². The number of rotatable bonds is 8. The summed E-state index contributed by atoms with van der Waals surface area (Å²) in [6.45, 7) is 3.95. The van der Waals surface area contributed by atoms with Crippen molar-refractivity contribution < 1.29 is 28.9 Å². The van der Waals surface area contributed by atoms with Crippen LogP contribution >= 0.6 is 0 Å². The van der Waals surface area contributed by atoms with Crippen molar-refractivity contribution in [3.8, 4) is 17.2 Å². The Morgan fingerprint density at radius 1 is 0.917 bits per heavy atom. The van der Waals surface area contributed by atoms with E-state index in [0.717, 1.165) is 5.56 Å². The molecule has 4 rings (SSSR count). The highest BCUT2D eigenvalue weighted by Crippen LogP contribution is 2.42. The first-order valence-electron chi connectivity index (χ1n) is 11.7. The van der Waals surface area contributed by atoms with Gasteiger partial charge in [-0.1, -0.05) is 42.5 Å². The molecule has 0 saturated carbocycles. The lowest BCUT2D eigenvalue weighted by Crippen LogP contribution is -2.29. The topological polar surface area (TPSA) is 85.3 Å². The van der Waals surface area contributed by atoms with Crippen LogP contribution in [0.1, 0.15) is 36.6 Å². The van der Waals surface area contributed by atoms with Crippen LogP contribution in [-0.4, -0.2) is 42.0 Å². The molecular weight excluding hydrogens is 458 g/mol. The molecule has 186 valence electrons. The Hall–Kier alpha value is -4.26. The molecule has 3 aromatic rings. The van der Waals surface area contributed by atoms with E-state index in [-0.39, 0.29) is 24.0 Å². The van der Waals surface area contributed by atoms with Gasteiger partial charge in [-0.3, -0.25) is 9.59 Å². The zero-order valence-electron chi connectivity index (χ0n) is 20.7. The van der Waals surface area contributed by atoms with E-state index in [1.165, 1.54) is 12.0 Å². The summed E-state index contributed by atoms with van der Waals surface area (Å²) in [5.74, 6) is -0.191. The Labute approximate surface area is 210 Å². The van der Waals surface area contributed by atoms with Crippen molar-refractivity contribution in [2.75, 3.05) is 14.2 Å². The Balaban J connectivity index is 1.90. The molecule has 0 bridgehead atoms. The first kappa shape index (κ1) is 24.9. The average Bonchev–Trinajstić information content (AvgIpc) is 3.13. The molecule has 1 unspecified atom stereocenters. The third-order valence-corrected chi connectivity index (χ3v) is 5.98. The van der Waals surface area contributed by atoms with Gasteiger partial charge in [-0.15, -0.1) is 0 Å². The third-order valence-electron chi connectivity index (χ3n) is 5.98. The van der Waals surface area contributed by atoms with Gasteiger partial charge in [-0.05, 0) is 49.7 Å². The summed E-state index contributed by atoms with van der Waals surface area (Å²) in [4.78, 5) is 28.2. The molecule has 0 radical (unpaired) electrons. The predicted octanol–water partition coefficient (Wildman–Crippen LogP) is 5.11. The van der Waals surface area contributed by atoms with Gasteiger partial charge < -0.3 is 24.2 Å². The SMILES string of the molecule is COc1ccccc1CN1C(=O)C(=O)/C(=C(\O)c2ccccc2OC)C1c1cccc(OC(C)C)c1. The normalized spacial score (nSPS) is 16.9. The molecule has 7 heteroatoms. The maximum atomic E-state index is 13.4. The minimum absolute atomic E-state index is 0.0129. The number of aliphatic hydroxyl groups excluding tert-OH is 1. The average molecular weight is 488 g/mol. The summed E-state index contributed by atoms with van der Waals surface area (Å²) >= 11 is 0. The van der Waals surface area contributed by atoms with E-state index in [1.807, 2.05) is 44.2 Å². The number of benzene rings is 3. The smallest absolute Gasteiger partial charge is 0.295 e.